The lowest BCUT2D eigenvalue weighted by Gasteiger charge is -2.33. The number of benzene rings is 3. The van der Waals surface area contributed by atoms with Crippen LogP contribution in [-0.4, -0.2) is 48.9 Å². The van der Waals surface area contributed by atoms with Crippen LogP contribution in [0.3, 0.4) is 0 Å². The van der Waals surface area contributed by atoms with E-state index >= 15 is 0 Å². The molecule has 0 spiro atoms. The number of rotatable bonds is 7. The highest BCUT2D eigenvalue weighted by Gasteiger charge is 2.23. The lowest BCUT2D eigenvalue weighted by Crippen LogP contribution is -2.49. The third-order valence-corrected chi connectivity index (χ3v) is 5.45. The predicted octanol–water partition coefficient (Wildman–Crippen LogP) is 5.18. The molecule has 1 aliphatic heterocycles. The molecule has 0 aliphatic carbocycles. The molecule has 1 saturated heterocycles. The van der Waals surface area contributed by atoms with Crippen LogP contribution in [0.25, 0.3) is 10.9 Å². The third kappa shape index (κ3) is 8.21. The van der Waals surface area contributed by atoms with E-state index in [1.54, 1.807) is 30.5 Å². The Morgan fingerprint density at radius 1 is 0.944 bits per heavy atom. The van der Waals surface area contributed by atoms with Crippen molar-refractivity contribution in [3.05, 3.63) is 102 Å². The van der Waals surface area contributed by atoms with Crippen molar-refractivity contribution in [2.45, 2.75) is 19.4 Å². The van der Waals surface area contributed by atoms with E-state index < -0.39 is 0 Å². The van der Waals surface area contributed by atoms with Crippen LogP contribution in [0.1, 0.15) is 22.8 Å². The standard InChI is InChI=1S/C16H12N2O2.C8H10.C5H9NO2/c19-11-12-6-8-14(9-7-12)18-20-15-5-1-3-13-4-2-10-17-16(13)15;1-2-8-6-4-3-5-7-8;1-6-2-5(3-6)8-4-7/h1-11,18H;3-7H,2H2,1H3;4-5H,2-3H2,1H3. The minimum atomic E-state index is 0.164. The molecule has 1 aromatic heterocycles. The topological polar surface area (TPSA) is 80.8 Å². The molecule has 2 heterocycles. The van der Waals surface area contributed by atoms with Crippen molar-refractivity contribution in [2.24, 2.45) is 0 Å². The molecule has 0 radical (unpaired) electrons. The maximum absolute atomic E-state index is 10.6. The zero-order valence-electron chi connectivity index (χ0n) is 20.5. The minimum Gasteiger partial charge on any atom is -0.462 e. The number of nitrogens with one attached hydrogen (secondary N) is 1. The lowest BCUT2D eigenvalue weighted by molar-refractivity contribution is -0.140. The van der Waals surface area contributed by atoms with E-state index in [9.17, 15) is 9.59 Å². The number of anilines is 1. The summed E-state index contributed by atoms with van der Waals surface area (Å²) in [6, 6.07) is 27.1. The van der Waals surface area contributed by atoms with Crippen molar-refractivity contribution in [1.29, 1.82) is 0 Å². The Balaban J connectivity index is 0.000000185. The molecular weight excluding hydrogens is 454 g/mol. The average molecular weight is 486 g/mol. The number of nitrogens with zero attached hydrogens (tertiary/aromatic N) is 2. The first kappa shape index (κ1) is 26.4. The molecule has 1 fully saturated rings. The molecule has 0 atom stereocenters. The molecule has 5 rings (SSSR count). The summed E-state index contributed by atoms with van der Waals surface area (Å²) in [4.78, 5) is 32.2. The Morgan fingerprint density at radius 3 is 2.28 bits per heavy atom. The van der Waals surface area contributed by atoms with Gasteiger partial charge >= 0.3 is 0 Å². The fraction of sp³-hybridized carbons (Fsp3) is 0.207. The van der Waals surface area contributed by atoms with Gasteiger partial charge in [0.15, 0.2) is 5.75 Å². The fourth-order valence-electron chi connectivity index (χ4n) is 3.42. The molecule has 7 heteroatoms. The Morgan fingerprint density at radius 2 is 1.67 bits per heavy atom. The van der Waals surface area contributed by atoms with Crippen LogP contribution in [0.2, 0.25) is 0 Å². The predicted molar refractivity (Wildman–Crippen MR) is 142 cm³/mol. The number of carbonyl (C=O) groups excluding carboxylic acids is 2. The van der Waals surface area contributed by atoms with Gasteiger partial charge < -0.3 is 9.57 Å². The van der Waals surface area contributed by atoms with E-state index in [-0.39, 0.29) is 6.10 Å². The van der Waals surface area contributed by atoms with Crippen LogP contribution in [0.5, 0.6) is 5.75 Å². The van der Waals surface area contributed by atoms with E-state index in [1.165, 1.54) is 5.56 Å². The second-order valence-electron chi connectivity index (χ2n) is 8.19. The summed E-state index contributed by atoms with van der Waals surface area (Å²) in [5.41, 5.74) is 6.45. The van der Waals surface area contributed by atoms with Crippen molar-refractivity contribution >= 4 is 29.3 Å². The molecule has 0 amide bonds. The zero-order valence-corrected chi connectivity index (χ0v) is 20.5. The molecular formula is C29H31N3O4. The van der Waals surface area contributed by atoms with Crippen molar-refractivity contribution in [3.63, 3.8) is 0 Å². The zero-order chi connectivity index (χ0) is 25.6. The summed E-state index contributed by atoms with van der Waals surface area (Å²) in [7, 11) is 1.99. The molecule has 4 aromatic rings. The summed E-state index contributed by atoms with van der Waals surface area (Å²) >= 11 is 0. The number of aromatic nitrogens is 1. The number of likely N-dealkylation sites (tertiary alicyclic amines) is 1. The van der Waals surface area contributed by atoms with Gasteiger partial charge in [0.1, 0.15) is 17.9 Å². The summed E-state index contributed by atoms with van der Waals surface area (Å²) in [5, 5.41) is 1.02. The highest BCUT2D eigenvalue weighted by Crippen LogP contribution is 2.23. The molecule has 1 aliphatic rings. The number of aryl methyl sites for hydroxylation is 1. The Labute approximate surface area is 211 Å². The van der Waals surface area contributed by atoms with Gasteiger partial charge in [0.25, 0.3) is 6.47 Å². The summed E-state index contributed by atoms with van der Waals surface area (Å²) in [6.07, 6.45) is 3.84. The van der Waals surface area contributed by atoms with Gasteiger partial charge in [-0.1, -0.05) is 55.5 Å². The Hall–Kier alpha value is -4.23. The number of hydrogen-bond acceptors (Lipinski definition) is 7. The number of para-hydroxylation sites is 1. The smallest absolute Gasteiger partial charge is 0.293 e. The monoisotopic (exact) mass is 485 g/mol. The first-order valence-corrected chi connectivity index (χ1v) is 11.8. The van der Waals surface area contributed by atoms with Crippen LogP contribution >= 0.6 is 0 Å². The molecule has 186 valence electrons. The maximum atomic E-state index is 10.6. The van der Waals surface area contributed by atoms with Crippen LogP contribution < -0.4 is 10.3 Å². The van der Waals surface area contributed by atoms with Gasteiger partial charge in [-0.15, -0.1) is 0 Å². The summed E-state index contributed by atoms with van der Waals surface area (Å²) in [5.74, 6) is 0.655. The number of carbonyl (C=O) groups is 2. The third-order valence-electron chi connectivity index (χ3n) is 5.45. The van der Waals surface area contributed by atoms with Gasteiger partial charge in [-0.05, 0) is 55.4 Å². The minimum absolute atomic E-state index is 0.164. The highest BCUT2D eigenvalue weighted by atomic mass is 16.6. The second kappa shape index (κ2) is 14.2. The van der Waals surface area contributed by atoms with E-state index in [1.807, 2.05) is 43.4 Å². The van der Waals surface area contributed by atoms with Crippen molar-refractivity contribution in [3.8, 4) is 5.75 Å². The van der Waals surface area contributed by atoms with E-state index in [4.69, 9.17) is 4.84 Å². The van der Waals surface area contributed by atoms with E-state index in [2.05, 4.69) is 51.3 Å². The van der Waals surface area contributed by atoms with E-state index in [0.29, 0.717) is 17.8 Å². The van der Waals surface area contributed by atoms with Crippen LogP contribution in [-0.2, 0) is 16.0 Å². The molecule has 0 unspecified atom stereocenters. The largest absolute Gasteiger partial charge is 0.462 e. The quantitative estimate of drug-likeness (QED) is 0.285. The van der Waals surface area contributed by atoms with Crippen molar-refractivity contribution < 1.29 is 19.2 Å². The van der Waals surface area contributed by atoms with Gasteiger partial charge in [0.05, 0.1) is 5.69 Å². The Kier molecular flexibility index (Phi) is 10.4. The van der Waals surface area contributed by atoms with Crippen molar-refractivity contribution in [1.82, 2.24) is 9.88 Å². The first-order chi connectivity index (χ1) is 17.6. The summed E-state index contributed by atoms with van der Waals surface area (Å²) < 4.78 is 4.63. The molecule has 1 N–H and O–H groups in total. The number of fused-ring (bicyclic) bond motifs is 1. The molecule has 0 saturated carbocycles. The van der Waals surface area contributed by atoms with Gasteiger partial charge in [-0.3, -0.25) is 19.5 Å². The number of ether oxygens (including phenoxy) is 1. The number of hydrogen-bond donors (Lipinski definition) is 1. The maximum Gasteiger partial charge on any atom is 0.293 e. The normalized spacial score (nSPS) is 12.6. The molecule has 7 nitrogen and oxygen atoms in total. The number of aldehydes is 1. The number of pyridine rings is 1. The van der Waals surface area contributed by atoms with Crippen LogP contribution in [0.15, 0.2) is 91.1 Å². The number of likely N-dealkylation sites (N-methyl/N-ethyl adjacent to an activating group) is 1. The van der Waals surface area contributed by atoms with Crippen molar-refractivity contribution in [2.75, 3.05) is 25.6 Å². The molecule has 0 bridgehead atoms. The van der Waals surface area contributed by atoms with E-state index in [0.717, 1.165) is 42.4 Å². The Bertz CT molecular complexity index is 1200. The van der Waals surface area contributed by atoms with Gasteiger partial charge in [-0.25, -0.2) is 5.48 Å². The van der Waals surface area contributed by atoms with Gasteiger partial charge in [-0.2, -0.15) is 0 Å². The SMILES string of the molecule is CCc1ccccc1.CN1CC(OC=O)C1.O=Cc1ccc(NOc2cccc3cccnc23)cc1. The average Bonchev–Trinajstić information content (AvgIpc) is 2.92. The lowest BCUT2D eigenvalue weighted by atomic mass is 10.2. The van der Waals surface area contributed by atoms with Gasteiger partial charge in [0, 0.05) is 30.2 Å². The molecule has 3 aromatic carbocycles. The highest BCUT2D eigenvalue weighted by molar-refractivity contribution is 5.84. The molecule has 36 heavy (non-hydrogen) atoms. The second-order valence-corrected chi connectivity index (χ2v) is 8.19. The first-order valence-electron chi connectivity index (χ1n) is 11.8. The van der Waals surface area contributed by atoms with Crippen LogP contribution in [0, 0.1) is 0 Å². The summed E-state index contributed by atoms with van der Waals surface area (Å²) in [6.45, 7) is 4.45. The van der Waals surface area contributed by atoms with Crippen LogP contribution in [0.4, 0.5) is 5.69 Å². The fourth-order valence-corrected chi connectivity index (χ4v) is 3.42. The van der Waals surface area contributed by atoms with Gasteiger partial charge in [0.2, 0.25) is 0 Å².